The fourth-order valence-electron chi connectivity index (χ4n) is 10.6. The number of halogens is 4. The molecule has 4 aliphatic rings. The molecule has 2 fully saturated rings. The van der Waals surface area contributed by atoms with Gasteiger partial charge in [0.1, 0.15) is 23.7 Å². The second-order valence-corrected chi connectivity index (χ2v) is 25.5. The van der Waals surface area contributed by atoms with Crippen molar-refractivity contribution in [3.05, 3.63) is 115 Å². The number of benzene rings is 4. The van der Waals surface area contributed by atoms with Crippen molar-refractivity contribution in [2.24, 2.45) is 0 Å². The van der Waals surface area contributed by atoms with E-state index >= 15 is 0 Å². The largest absolute Gasteiger partial charge is 0.484 e. The summed E-state index contributed by atoms with van der Waals surface area (Å²) in [5, 5.41) is 13.3. The van der Waals surface area contributed by atoms with Crippen LogP contribution in [-0.2, 0) is 51.8 Å². The first-order chi connectivity index (χ1) is 39.6. The Labute approximate surface area is 501 Å². The molecular weight excluding hydrogens is 1180 g/mol. The summed E-state index contributed by atoms with van der Waals surface area (Å²) < 4.78 is 92.1. The topological polar surface area (TPSA) is 236 Å². The fraction of sp³-hybridized carbons (Fsp3) is 0.536. The zero-order valence-corrected chi connectivity index (χ0v) is 50.4. The van der Waals surface area contributed by atoms with Gasteiger partial charge in [0.25, 0.3) is 0 Å². The highest BCUT2D eigenvalue weighted by Gasteiger charge is 2.42. The maximum absolute atomic E-state index is 13.0. The van der Waals surface area contributed by atoms with E-state index in [1.54, 1.807) is 36.4 Å². The molecule has 2 aliphatic heterocycles. The van der Waals surface area contributed by atoms with Crippen LogP contribution in [0.5, 0.6) is 11.5 Å². The number of nitrogens with zero attached hydrogens (tertiary/aromatic N) is 2. The number of amides is 4. The Morgan fingerprint density at radius 3 is 1.17 bits per heavy atom. The van der Waals surface area contributed by atoms with Gasteiger partial charge in [-0.25, -0.2) is 35.9 Å². The number of urea groups is 2. The van der Waals surface area contributed by atoms with Crippen LogP contribution in [0.15, 0.2) is 82.6 Å². The second kappa shape index (κ2) is 31.8. The van der Waals surface area contributed by atoms with E-state index in [4.69, 9.17) is 74.8 Å². The molecule has 6 N–H and O–H groups in total. The SMILES string of the molecule is O=C(NCCCCNC(=O)NCCOCCOCCNS(=O)(=O)c1ccc(O[C@H]2c3cc(Cl)cc(Cl)c3C[C@@H]2N2CCCC2)cc1)NCCOCCOCCNS(=O)(=O)c1ccc(O[C@H]2c3cc(Cl)cc(Cl)c3CC2N2CCCC2)cc1. The van der Waals surface area contributed by atoms with Gasteiger partial charge in [-0.1, -0.05) is 46.4 Å². The minimum absolute atomic E-state index is 0.0696. The number of carbonyl (C=O) groups is 2. The lowest BCUT2D eigenvalue weighted by Gasteiger charge is -2.30. The summed E-state index contributed by atoms with van der Waals surface area (Å²) in [6, 6.07) is 19.6. The minimum atomic E-state index is -3.79. The van der Waals surface area contributed by atoms with Gasteiger partial charge < -0.3 is 49.7 Å². The number of nitrogens with one attached hydrogen (secondary N) is 6. The van der Waals surface area contributed by atoms with E-state index in [2.05, 4.69) is 40.5 Å². The summed E-state index contributed by atoms with van der Waals surface area (Å²) in [6.07, 6.45) is 6.79. The molecule has 4 aromatic rings. The molecular formula is C56H74Cl4N8O12S2. The molecule has 4 atom stereocenters. The maximum Gasteiger partial charge on any atom is 0.314 e. The molecule has 4 amide bonds. The van der Waals surface area contributed by atoms with E-state index in [1.807, 2.05) is 12.1 Å². The van der Waals surface area contributed by atoms with Gasteiger partial charge in [0.05, 0.1) is 74.7 Å². The highest BCUT2D eigenvalue weighted by molar-refractivity contribution is 7.89. The summed E-state index contributed by atoms with van der Waals surface area (Å²) >= 11 is 25.9. The van der Waals surface area contributed by atoms with Crippen LogP contribution in [0.4, 0.5) is 9.59 Å². The smallest absolute Gasteiger partial charge is 0.314 e. The van der Waals surface area contributed by atoms with Gasteiger partial charge in [0.15, 0.2) is 0 Å². The number of fused-ring (bicyclic) bond motifs is 2. The quantitative estimate of drug-likeness (QED) is 0.0257. The monoisotopic (exact) mass is 1250 g/mol. The molecule has 450 valence electrons. The van der Waals surface area contributed by atoms with Crippen LogP contribution in [-0.4, -0.2) is 169 Å². The summed E-state index contributed by atoms with van der Waals surface area (Å²) in [5.74, 6) is 1.10. The van der Waals surface area contributed by atoms with E-state index < -0.39 is 20.0 Å². The van der Waals surface area contributed by atoms with Crippen LogP contribution >= 0.6 is 46.4 Å². The van der Waals surface area contributed by atoms with Crippen molar-refractivity contribution in [3.8, 4) is 11.5 Å². The van der Waals surface area contributed by atoms with Gasteiger partial charge in [-0.15, -0.1) is 0 Å². The average molecular weight is 1260 g/mol. The molecule has 0 spiro atoms. The highest BCUT2D eigenvalue weighted by Crippen LogP contribution is 2.45. The lowest BCUT2D eigenvalue weighted by molar-refractivity contribution is 0.0516. The highest BCUT2D eigenvalue weighted by atomic mass is 35.5. The normalized spacial score (nSPS) is 19.0. The van der Waals surface area contributed by atoms with Gasteiger partial charge in [-0.05, 0) is 161 Å². The molecule has 82 heavy (non-hydrogen) atoms. The number of hydrogen-bond donors (Lipinski definition) is 6. The van der Waals surface area contributed by atoms with Crippen LogP contribution in [0.1, 0.15) is 73.0 Å². The van der Waals surface area contributed by atoms with Crippen LogP contribution in [0.2, 0.25) is 20.1 Å². The van der Waals surface area contributed by atoms with Crippen LogP contribution in [0, 0.1) is 0 Å². The Kier molecular flexibility index (Phi) is 24.7. The Morgan fingerprint density at radius 1 is 0.463 bits per heavy atom. The molecule has 2 heterocycles. The molecule has 20 nitrogen and oxygen atoms in total. The zero-order valence-electron chi connectivity index (χ0n) is 45.7. The van der Waals surface area contributed by atoms with Crippen molar-refractivity contribution in [2.45, 2.75) is 85.4 Å². The molecule has 2 aliphatic carbocycles. The van der Waals surface area contributed by atoms with Crippen molar-refractivity contribution >= 4 is 78.5 Å². The molecule has 0 aromatic heterocycles. The molecule has 1 unspecified atom stereocenters. The minimum Gasteiger partial charge on any atom is -0.484 e. The molecule has 2 saturated heterocycles. The van der Waals surface area contributed by atoms with Crippen molar-refractivity contribution < 1.29 is 54.8 Å². The van der Waals surface area contributed by atoms with E-state index in [-0.39, 0.29) is 125 Å². The molecule has 26 heteroatoms. The number of ether oxygens (including phenoxy) is 6. The predicted molar refractivity (Wildman–Crippen MR) is 315 cm³/mol. The van der Waals surface area contributed by atoms with Crippen molar-refractivity contribution in [2.75, 3.05) is 118 Å². The Bertz CT molecular complexity index is 2750. The third kappa shape index (κ3) is 18.6. The van der Waals surface area contributed by atoms with Gasteiger partial charge in [-0.3, -0.25) is 9.80 Å². The maximum atomic E-state index is 13.0. The Balaban J connectivity index is 0.572. The van der Waals surface area contributed by atoms with E-state index in [1.165, 1.54) is 24.3 Å². The van der Waals surface area contributed by atoms with E-state index in [9.17, 15) is 26.4 Å². The third-order valence-electron chi connectivity index (χ3n) is 14.6. The molecule has 8 rings (SSSR count). The molecule has 0 saturated carbocycles. The van der Waals surface area contributed by atoms with E-state index in [0.717, 1.165) is 87.0 Å². The zero-order chi connectivity index (χ0) is 57.9. The summed E-state index contributed by atoms with van der Waals surface area (Å²) in [5.41, 5.74) is 4.00. The number of carbonyl (C=O) groups excluding carboxylic acids is 2. The number of rotatable bonds is 33. The van der Waals surface area contributed by atoms with Crippen molar-refractivity contribution in [1.82, 2.24) is 40.5 Å². The second-order valence-electron chi connectivity index (χ2n) is 20.3. The number of sulfonamides is 2. The first kappa shape index (κ1) is 63.8. The van der Waals surface area contributed by atoms with E-state index in [0.29, 0.717) is 57.5 Å². The average Bonchev–Trinajstić information content (AvgIpc) is 4.41. The molecule has 4 aromatic carbocycles. The molecule has 0 bridgehead atoms. The number of unbranched alkanes of at least 4 members (excludes halogenated alkanes) is 1. The Hall–Kier alpha value is -4.24. The molecule has 0 radical (unpaired) electrons. The first-order valence-electron chi connectivity index (χ1n) is 28.0. The predicted octanol–water partition coefficient (Wildman–Crippen LogP) is 7.28. The van der Waals surface area contributed by atoms with Crippen LogP contribution in [0.3, 0.4) is 0 Å². The number of likely N-dealkylation sites (tertiary alicyclic amines) is 2. The number of hydrogen-bond acceptors (Lipinski definition) is 14. The van der Waals surface area contributed by atoms with Gasteiger partial charge in [0, 0.05) is 70.5 Å². The van der Waals surface area contributed by atoms with Gasteiger partial charge in [-0.2, -0.15) is 0 Å². The van der Waals surface area contributed by atoms with Crippen molar-refractivity contribution in [1.29, 1.82) is 0 Å². The summed E-state index contributed by atoms with van der Waals surface area (Å²) in [7, 11) is -7.58. The standard InChI is InChI=1S/C56H74Cl4N8O12S2/c57-39-33-47-45(49(59)35-39)37-51(67-21-3-4-22-67)53(47)79-41-7-11-43(12-8-41)81(71,72)65-19-27-77-31-29-75-25-17-63-55(69)61-15-1-2-16-62-56(70)64-18-26-76-30-32-78-28-20-66-82(73,74)44-13-9-42(10-14-44)80-54-48-34-40(58)36-50(60)46(48)38-52(54)68-23-5-6-24-68/h7-14,33-36,51-54,65-66H,1-6,15-32,37-38H2,(H2,61,63,69)(H2,62,64,70)/t51-,52?,53-,54-/m0/s1. The lowest BCUT2D eigenvalue weighted by atomic mass is 10.1. The summed E-state index contributed by atoms with van der Waals surface area (Å²) in [4.78, 5) is 29.3. The third-order valence-corrected chi connectivity index (χ3v) is 18.7. The Morgan fingerprint density at radius 2 is 0.805 bits per heavy atom. The van der Waals surface area contributed by atoms with Crippen molar-refractivity contribution in [3.63, 3.8) is 0 Å². The fourth-order valence-corrected chi connectivity index (χ4v) is 13.7. The van der Waals surface area contributed by atoms with Crippen LogP contribution < -0.4 is 40.2 Å². The van der Waals surface area contributed by atoms with Gasteiger partial charge in [0.2, 0.25) is 20.0 Å². The first-order valence-corrected chi connectivity index (χ1v) is 32.4. The van der Waals surface area contributed by atoms with Crippen LogP contribution in [0.25, 0.3) is 0 Å². The lowest BCUT2D eigenvalue weighted by Crippen LogP contribution is -2.39. The van der Waals surface area contributed by atoms with Gasteiger partial charge >= 0.3 is 12.1 Å². The summed E-state index contributed by atoms with van der Waals surface area (Å²) in [6.45, 7) is 7.34.